The zero-order valence-corrected chi connectivity index (χ0v) is 14.0. The molecule has 1 atom stereocenters. The number of nitrogens with zero attached hydrogens (tertiary/aromatic N) is 2. The summed E-state index contributed by atoms with van der Waals surface area (Å²) >= 11 is 1.46. The monoisotopic (exact) mass is 325 g/mol. The summed E-state index contributed by atoms with van der Waals surface area (Å²) in [4.78, 5) is 22.1. The number of aromatic amines is 1. The molecular formula is C18H19N3OS. The van der Waals surface area contributed by atoms with Crippen molar-refractivity contribution in [2.45, 2.75) is 23.9 Å². The number of fused-ring (bicyclic) bond motifs is 1. The van der Waals surface area contributed by atoms with Crippen LogP contribution in [0.15, 0.2) is 59.8 Å². The molecule has 2 aromatic carbocycles. The number of amides is 1. The zero-order valence-electron chi connectivity index (χ0n) is 13.2. The first kappa shape index (κ1) is 15.6. The molecule has 118 valence electrons. The minimum absolute atomic E-state index is 0.0966. The molecule has 3 rings (SSSR count). The molecule has 1 aromatic heterocycles. The van der Waals surface area contributed by atoms with Gasteiger partial charge in [-0.3, -0.25) is 4.79 Å². The van der Waals surface area contributed by atoms with Crippen LogP contribution in [-0.4, -0.2) is 33.1 Å². The second-order valence-electron chi connectivity index (χ2n) is 5.50. The van der Waals surface area contributed by atoms with Crippen LogP contribution in [0.3, 0.4) is 0 Å². The molecular weight excluding hydrogens is 306 g/mol. The number of hydrogen-bond donors (Lipinski definition) is 1. The minimum Gasteiger partial charge on any atom is -0.340 e. The molecule has 0 bridgehead atoms. The summed E-state index contributed by atoms with van der Waals surface area (Å²) in [6, 6.07) is 17.9. The Labute approximate surface area is 139 Å². The lowest BCUT2D eigenvalue weighted by molar-refractivity contribution is -0.129. The molecule has 0 unspecified atom stereocenters. The van der Waals surface area contributed by atoms with Gasteiger partial charge >= 0.3 is 0 Å². The third kappa shape index (κ3) is 3.74. The van der Waals surface area contributed by atoms with Gasteiger partial charge in [-0.15, -0.1) is 0 Å². The fourth-order valence-corrected chi connectivity index (χ4v) is 3.38. The molecule has 4 nitrogen and oxygen atoms in total. The predicted octanol–water partition coefficient (Wildman–Crippen LogP) is 3.70. The number of hydrogen-bond acceptors (Lipinski definition) is 3. The lowest BCUT2D eigenvalue weighted by Gasteiger charge is -2.20. The normalized spacial score (nSPS) is 12.3. The Bertz CT molecular complexity index is 767. The van der Waals surface area contributed by atoms with Crippen molar-refractivity contribution in [3.8, 4) is 0 Å². The van der Waals surface area contributed by atoms with E-state index in [0.29, 0.717) is 6.54 Å². The van der Waals surface area contributed by atoms with E-state index in [-0.39, 0.29) is 11.2 Å². The zero-order chi connectivity index (χ0) is 16.2. The first-order chi connectivity index (χ1) is 11.1. The maximum atomic E-state index is 12.5. The maximum Gasteiger partial charge on any atom is 0.235 e. The Kier molecular flexibility index (Phi) is 4.67. The largest absolute Gasteiger partial charge is 0.340 e. The molecule has 0 spiro atoms. The molecule has 0 saturated carbocycles. The Morgan fingerprint density at radius 3 is 2.61 bits per heavy atom. The minimum atomic E-state index is -0.190. The second kappa shape index (κ2) is 6.87. The average molecular weight is 325 g/mol. The van der Waals surface area contributed by atoms with Gasteiger partial charge in [0.05, 0.1) is 16.3 Å². The van der Waals surface area contributed by atoms with Gasteiger partial charge in [-0.25, -0.2) is 4.98 Å². The van der Waals surface area contributed by atoms with Crippen LogP contribution < -0.4 is 0 Å². The van der Waals surface area contributed by atoms with E-state index in [1.165, 1.54) is 11.8 Å². The first-order valence-corrected chi connectivity index (χ1v) is 8.42. The van der Waals surface area contributed by atoms with Gasteiger partial charge in [-0.05, 0) is 24.6 Å². The number of carbonyl (C=O) groups is 1. The smallest absolute Gasteiger partial charge is 0.235 e. The van der Waals surface area contributed by atoms with Gasteiger partial charge < -0.3 is 9.88 Å². The third-order valence-corrected chi connectivity index (χ3v) is 4.61. The summed E-state index contributed by atoms with van der Waals surface area (Å²) in [6.07, 6.45) is 0. The van der Waals surface area contributed by atoms with Crippen molar-refractivity contribution >= 4 is 28.7 Å². The van der Waals surface area contributed by atoms with Gasteiger partial charge in [-0.1, -0.05) is 54.2 Å². The van der Waals surface area contributed by atoms with E-state index in [9.17, 15) is 4.79 Å². The van der Waals surface area contributed by atoms with E-state index in [4.69, 9.17) is 0 Å². The predicted molar refractivity (Wildman–Crippen MR) is 94.3 cm³/mol. The van der Waals surface area contributed by atoms with Crippen LogP contribution in [0.5, 0.6) is 0 Å². The standard InChI is InChI=1S/C18H19N3OS/c1-13(17(22)21(2)12-14-8-4-3-5-9-14)23-18-19-15-10-6-7-11-16(15)20-18/h3-11,13H,12H2,1-2H3,(H,19,20)/t13-/m1/s1. The van der Waals surface area contributed by atoms with Crippen molar-refractivity contribution in [2.75, 3.05) is 7.05 Å². The number of nitrogens with one attached hydrogen (secondary N) is 1. The average Bonchev–Trinajstić information content (AvgIpc) is 2.97. The van der Waals surface area contributed by atoms with Crippen LogP contribution in [0.2, 0.25) is 0 Å². The molecule has 3 aromatic rings. The van der Waals surface area contributed by atoms with Crippen LogP contribution in [0.25, 0.3) is 11.0 Å². The fraction of sp³-hybridized carbons (Fsp3) is 0.222. The van der Waals surface area contributed by atoms with Crippen LogP contribution in [0.4, 0.5) is 0 Å². The fourth-order valence-electron chi connectivity index (χ4n) is 2.45. The number of rotatable bonds is 5. The maximum absolute atomic E-state index is 12.5. The summed E-state index contributed by atoms with van der Waals surface area (Å²) < 4.78 is 0. The van der Waals surface area contributed by atoms with E-state index in [1.807, 2.05) is 68.6 Å². The van der Waals surface area contributed by atoms with Crippen molar-refractivity contribution in [3.63, 3.8) is 0 Å². The van der Waals surface area contributed by atoms with E-state index in [0.717, 1.165) is 21.8 Å². The highest BCUT2D eigenvalue weighted by Gasteiger charge is 2.20. The molecule has 5 heteroatoms. The van der Waals surface area contributed by atoms with Crippen molar-refractivity contribution in [1.29, 1.82) is 0 Å². The second-order valence-corrected chi connectivity index (χ2v) is 6.83. The molecule has 0 fully saturated rings. The quantitative estimate of drug-likeness (QED) is 0.728. The highest BCUT2D eigenvalue weighted by molar-refractivity contribution is 8.00. The number of aromatic nitrogens is 2. The van der Waals surface area contributed by atoms with Crippen molar-refractivity contribution in [1.82, 2.24) is 14.9 Å². The Morgan fingerprint density at radius 2 is 1.87 bits per heavy atom. The van der Waals surface area contributed by atoms with E-state index in [2.05, 4.69) is 9.97 Å². The van der Waals surface area contributed by atoms with E-state index >= 15 is 0 Å². The van der Waals surface area contributed by atoms with Crippen LogP contribution in [0, 0.1) is 0 Å². The van der Waals surface area contributed by atoms with Crippen molar-refractivity contribution in [2.24, 2.45) is 0 Å². The Hall–Kier alpha value is -2.27. The van der Waals surface area contributed by atoms with Crippen molar-refractivity contribution in [3.05, 3.63) is 60.2 Å². The van der Waals surface area contributed by atoms with E-state index in [1.54, 1.807) is 4.90 Å². The molecule has 1 N–H and O–H groups in total. The molecule has 1 amide bonds. The van der Waals surface area contributed by atoms with Crippen molar-refractivity contribution < 1.29 is 4.79 Å². The molecule has 0 aliphatic heterocycles. The van der Waals surface area contributed by atoms with Crippen LogP contribution in [0.1, 0.15) is 12.5 Å². The summed E-state index contributed by atoms with van der Waals surface area (Å²) in [5.41, 5.74) is 3.05. The lowest BCUT2D eigenvalue weighted by atomic mass is 10.2. The molecule has 0 aliphatic carbocycles. The molecule has 23 heavy (non-hydrogen) atoms. The molecule has 0 saturated heterocycles. The summed E-state index contributed by atoms with van der Waals surface area (Å²) in [5.74, 6) is 0.0966. The van der Waals surface area contributed by atoms with Gasteiger partial charge in [-0.2, -0.15) is 0 Å². The molecule has 0 radical (unpaired) electrons. The SMILES string of the molecule is C[C@@H](Sc1nc2ccccc2[nH]1)C(=O)N(C)Cc1ccccc1. The van der Waals surface area contributed by atoms with E-state index < -0.39 is 0 Å². The molecule has 0 aliphatic rings. The number of carbonyl (C=O) groups excluding carboxylic acids is 1. The van der Waals surface area contributed by atoms with Crippen LogP contribution in [-0.2, 0) is 11.3 Å². The number of benzene rings is 2. The summed E-state index contributed by atoms with van der Waals surface area (Å²) in [5, 5.41) is 0.587. The van der Waals surface area contributed by atoms with Gasteiger partial charge in [0.1, 0.15) is 0 Å². The molecule has 1 heterocycles. The van der Waals surface area contributed by atoms with Gasteiger partial charge in [0, 0.05) is 13.6 Å². The Morgan fingerprint density at radius 1 is 1.17 bits per heavy atom. The highest BCUT2D eigenvalue weighted by Crippen LogP contribution is 2.24. The van der Waals surface area contributed by atoms with Crippen LogP contribution >= 0.6 is 11.8 Å². The number of para-hydroxylation sites is 2. The van der Waals surface area contributed by atoms with Gasteiger partial charge in [0.25, 0.3) is 0 Å². The van der Waals surface area contributed by atoms with Gasteiger partial charge in [0.15, 0.2) is 5.16 Å². The lowest BCUT2D eigenvalue weighted by Crippen LogP contribution is -2.32. The third-order valence-electron chi connectivity index (χ3n) is 3.64. The number of imidazole rings is 1. The topological polar surface area (TPSA) is 49.0 Å². The number of H-pyrrole nitrogens is 1. The summed E-state index contributed by atoms with van der Waals surface area (Å²) in [7, 11) is 1.84. The highest BCUT2D eigenvalue weighted by atomic mass is 32.2. The number of thioether (sulfide) groups is 1. The Balaban J connectivity index is 1.64. The van der Waals surface area contributed by atoms with Gasteiger partial charge in [0.2, 0.25) is 5.91 Å². The first-order valence-electron chi connectivity index (χ1n) is 7.54. The summed E-state index contributed by atoms with van der Waals surface area (Å²) in [6.45, 7) is 2.53.